The number of thiophene rings is 1. The molecular weight excluding hydrogens is 364 g/mol. The molecule has 1 aromatic carbocycles. The molecule has 0 amide bonds. The fourth-order valence-electron chi connectivity index (χ4n) is 2.84. The Morgan fingerprint density at radius 3 is 2.67 bits per heavy atom. The smallest absolute Gasteiger partial charge is 0.349 e. The summed E-state index contributed by atoms with van der Waals surface area (Å²) in [4.78, 5) is 14.4. The van der Waals surface area contributed by atoms with Gasteiger partial charge in [-0.25, -0.2) is 4.79 Å². The number of carbonyl (C=O) groups is 1. The number of carbonyl (C=O) groups excluding carboxylic acids is 1. The molecule has 1 fully saturated rings. The Kier molecular flexibility index (Phi) is 5.58. The summed E-state index contributed by atoms with van der Waals surface area (Å²) in [7, 11) is 1.36. The van der Waals surface area contributed by atoms with Crippen LogP contribution in [-0.2, 0) is 4.74 Å². The third-order valence-corrected chi connectivity index (χ3v) is 6.14. The van der Waals surface area contributed by atoms with Gasteiger partial charge in [0.15, 0.2) is 5.11 Å². The van der Waals surface area contributed by atoms with Crippen LogP contribution in [0.4, 0.5) is 5.69 Å². The topological polar surface area (TPSA) is 41.6 Å². The summed E-state index contributed by atoms with van der Waals surface area (Å²) in [5.41, 5.74) is 0.908. The largest absolute Gasteiger partial charge is 0.465 e. The molecule has 3 rings (SSSR count). The van der Waals surface area contributed by atoms with E-state index in [1.54, 1.807) is 0 Å². The molecule has 0 aliphatic carbocycles. The minimum absolute atomic E-state index is 0.407. The van der Waals surface area contributed by atoms with Gasteiger partial charge in [0.2, 0.25) is 0 Å². The second-order valence-electron chi connectivity index (χ2n) is 5.78. The number of nitrogens with zero attached hydrogens (tertiary/aromatic N) is 1. The molecule has 1 aromatic heterocycles. The van der Waals surface area contributed by atoms with Crippen molar-refractivity contribution in [3.63, 3.8) is 0 Å². The summed E-state index contributed by atoms with van der Waals surface area (Å²) in [6, 6.07) is 5.82. The first-order chi connectivity index (χ1) is 11.6. The van der Waals surface area contributed by atoms with Crippen LogP contribution in [0.5, 0.6) is 0 Å². The third kappa shape index (κ3) is 3.66. The Labute approximate surface area is 155 Å². The van der Waals surface area contributed by atoms with E-state index in [1.165, 1.54) is 44.1 Å². The van der Waals surface area contributed by atoms with E-state index in [4.69, 9.17) is 28.6 Å². The van der Waals surface area contributed by atoms with Gasteiger partial charge in [-0.1, -0.05) is 24.4 Å². The van der Waals surface area contributed by atoms with E-state index in [9.17, 15) is 4.79 Å². The minimum Gasteiger partial charge on any atom is -0.465 e. The van der Waals surface area contributed by atoms with Gasteiger partial charge >= 0.3 is 5.97 Å². The molecule has 7 heteroatoms. The quantitative estimate of drug-likeness (QED) is 0.590. The van der Waals surface area contributed by atoms with E-state index in [0.717, 1.165) is 34.0 Å². The monoisotopic (exact) mass is 382 g/mol. The number of rotatable bonds is 2. The zero-order valence-corrected chi connectivity index (χ0v) is 15.8. The number of benzene rings is 1. The molecule has 24 heavy (non-hydrogen) atoms. The molecule has 1 N–H and O–H groups in total. The van der Waals surface area contributed by atoms with Crippen molar-refractivity contribution in [2.75, 3.05) is 25.5 Å². The van der Waals surface area contributed by atoms with Crippen molar-refractivity contribution in [1.29, 1.82) is 0 Å². The Bertz CT molecular complexity index is 767. The van der Waals surface area contributed by atoms with Crippen LogP contribution >= 0.6 is 35.2 Å². The molecule has 1 aliphatic heterocycles. The second kappa shape index (κ2) is 7.68. The molecule has 4 nitrogen and oxygen atoms in total. The molecule has 0 atom stereocenters. The van der Waals surface area contributed by atoms with E-state index in [-0.39, 0.29) is 0 Å². The average molecular weight is 383 g/mol. The third-order valence-electron chi connectivity index (χ3n) is 4.14. The molecular formula is C17H19ClN2O2S2. The SMILES string of the molecule is COC(=O)c1sc2cc(NC(=S)N3CCCCCC3)ccc2c1Cl. The van der Waals surface area contributed by atoms with Gasteiger partial charge in [0, 0.05) is 28.9 Å². The molecule has 0 radical (unpaired) electrons. The van der Waals surface area contributed by atoms with Crippen LogP contribution in [0, 0.1) is 0 Å². The van der Waals surface area contributed by atoms with Gasteiger partial charge in [-0.2, -0.15) is 0 Å². The van der Waals surface area contributed by atoms with Crippen molar-refractivity contribution in [2.24, 2.45) is 0 Å². The van der Waals surface area contributed by atoms with Gasteiger partial charge in [-0.05, 0) is 43.3 Å². The van der Waals surface area contributed by atoms with Gasteiger partial charge in [0.25, 0.3) is 0 Å². The van der Waals surface area contributed by atoms with Crippen LogP contribution < -0.4 is 5.32 Å². The highest BCUT2D eigenvalue weighted by Crippen LogP contribution is 2.37. The lowest BCUT2D eigenvalue weighted by Gasteiger charge is -2.23. The lowest BCUT2D eigenvalue weighted by Crippen LogP contribution is -2.35. The number of fused-ring (bicyclic) bond motifs is 1. The molecule has 2 heterocycles. The Hall–Kier alpha value is -1.37. The standard InChI is InChI=1S/C17H19ClN2O2S2/c1-22-16(21)15-14(18)12-7-6-11(10-13(12)24-15)19-17(23)20-8-4-2-3-5-9-20/h6-7,10H,2-5,8-9H2,1H3,(H,19,23). The number of ether oxygens (including phenoxy) is 1. The highest BCUT2D eigenvalue weighted by Gasteiger charge is 2.18. The summed E-state index contributed by atoms with van der Waals surface area (Å²) >= 11 is 13.2. The van der Waals surface area contributed by atoms with Crippen LogP contribution in [0.1, 0.15) is 35.4 Å². The highest BCUT2D eigenvalue weighted by atomic mass is 35.5. The summed E-state index contributed by atoms with van der Waals surface area (Å²) in [5.74, 6) is -0.407. The normalized spacial score (nSPS) is 15.2. The minimum atomic E-state index is -0.407. The van der Waals surface area contributed by atoms with Crippen molar-refractivity contribution < 1.29 is 9.53 Å². The summed E-state index contributed by atoms with van der Waals surface area (Å²) in [5, 5.41) is 5.37. The van der Waals surface area contributed by atoms with Gasteiger partial charge < -0.3 is 15.0 Å². The number of halogens is 1. The number of hydrogen-bond donors (Lipinski definition) is 1. The fraction of sp³-hybridized carbons (Fsp3) is 0.412. The molecule has 0 unspecified atom stereocenters. The van der Waals surface area contributed by atoms with Crippen molar-refractivity contribution in [3.8, 4) is 0 Å². The number of hydrogen-bond acceptors (Lipinski definition) is 4. The Morgan fingerprint density at radius 2 is 2.00 bits per heavy atom. The number of thiocarbonyl (C=S) groups is 1. The maximum Gasteiger partial charge on any atom is 0.349 e. The lowest BCUT2D eigenvalue weighted by molar-refractivity contribution is 0.0606. The molecule has 128 valence electrons. The number of esters is 1. The number of nitrogens with one attached hydrogen (secondary N) is 1. The zero-order valence-electron chi connectivity index (χ0n) is 13.4. The van der Waals surface area contributed by atoms with Gasteiger partial charge in [-0.3, -0.25) is 0 Å². The molecule has 0 spiro atoms. The van der Waals surface area contributed by atoms with Crippen LogP contribution in [0.2, 0.25) is 5.02 Å². The predicted molar refractivity (Wildman–Crippen MR) is 104 cm³/mol. The van der Waals surface area contributed by atoms with E-state index in [1.807, 2.05) is 18.2 Å². The number of likely N-dealkylation sites (tertiary alicyclic amines) is 1. The molecule has 0 bridgehead atoms. The van der Waals surface area contributed by atoms with Gasteiger partial charge in [0.1, 0.15) is 4.88 Å². The zero-order chi connectivity index (χ0) is 17.1. The summed E-state index contributed by atoms with van der Waals surface area (Å²) in [6.45, 7) is 2.01. The van der Waals surface area contributed by atoms with Crippen LogP contribution in [0.15, 0.2) is 18.2 Å². The predicted octanol–water partition coefficient (Wildman–Crippen LogP) is 4.91. The van der Waals surface area contributed by atoms with E-state index >= 15 is 0 Å². The highest BCUT2D eigenvalue weighted by molar-refractivity contribution is 7.80. The van der Waals surface area contributed by atoms with Crippen LogP contribution in [0.25, 0.3) is 10.1 Å². The number of methoxy groups -OCH3 is 1. The van der Waals surface area contributed by atoms with Crippen molar-refractivity contribution in [3.05, 3.63) is 28.1 Å². The van der Waals surface area contributed by atoms with E-state index in [2.05, 4.69) is 10.2 Å². The first kappa shape index (κ1) is 17.5. The maximum absolute atomic E-state index is 11.8. The molecule has 0 saturated carbocycles. The van der Waals surface area contributed by atoms with Gasteiger partial charge in [-0.15, -0.1) is 11.3 Å². The van der Waals surface area contributed by atoms with Crippen molar-refractivity contribution >= 4 is 62.0 Å². The van der Waals surface area contributed by atoms with Crippen LogP contribution in [0.3, 0.4) is 0 Å². The lowest BCUT2D eigenvalue weighted by atomic mass is 10.2. The van der Waals surface area contributed by atoms with Crippen LogP contribution in [-0.4, -0.2) is 36.2 Å². The number of anilines is 1. The molecule has 1 aliphatic rings. The maximum atomic E-state index is 11.8. The van der Waals surface area contributed by atoms with Crippen molar-refractivity contribution in [2.45, 2.75) is 25.7 Å². The van der Waals surface area contributed by atoms with E-state index in [0.29, 0.717) is 9.90 Å². The van der Waals surface area contributed by atoms with Crippen molar-refractivity contribution in [1.82, 2.24) is 4.90 Å². The van der Waals surface area contributed by atoms with Gasteiger partial charge in [0.05, 0.1) is 12.1 Å². The Balaban J connectivity index is 1.80. The Morgan fingerprint density at radius 1 is 1.29 bits per heavy atom. The summed E-state index contributed by atoms with van der Waals surface area (Å²) < 4.78 is 5.71. The molecule has 2 aromatic rings. The summed E-state index contributed by atoms with van der Waals surface area (Å²) in [6.07, 6.45) is 4.91. The average Bonchev–Trinajstić information content (AvgIpc) is 2.78. The van der Waals surface area contributed by atoms with E-state index < -0.39 is 5.97 Å². The second-order valence-corrected chi connectivity index (χ2v) is 7.60. The molecule has 1 saturated heterocycles. The first-order valence-electron chi connectivity index (χ1n) is 7.96. The fourth-order valence-corrected chi connectivity index (χ4v) is 4.61. The first-order valence-corrected chi connectivity index (χ1v) is 9.56.